The van der Waals surface area contributed by atoms with Gasteiger partial charge in [0.05, 0.1) is 23.0 Å². The SMILES string of the molecule is CCN(CCCNC(=O)c1cc(-c2ccc(F)cc2)nc2ccccc12)S(C)(=O)=O. The molecule has 8 heteroatoms. The van der Waals surface area contributed by atoms with Crippen molar-refractivity contribution in [3.63, 3.8) is 0 Å². The fourth-order valence-corrected chi connectivity index (χ4v) is 4.17. The maximum Gasteiger partial charge on any atom is 0.252 e. The van der Waals surface area contributed by atoms with E-state index in [9.17, 15) is 17.6 Å². The summed E-state index contributed by atoms with van der Waals surface area (Å²) in [6.07, 6.45) is 1.68. The first-order valence-electron chi connectivity index (χ1n) is 9.68. The van der Waals surface area contributed by atoms with E-state index in [-0.39, 0.29) is 11.7 Å². The van der Waals surface area contributed by atoms with E-state index in [0.717, 1.165) is 0 Å². The molecule has 6 nitrogen and oxygen atoms in total. The number of hydrogen-bond acceptors (Lipinski definition) is 4. The Bertz CT molecular complexity index is 1150. The minimum Gasteiger partial charge on any atom is -0.352 e. The standard InChI is InChI=1S/C22H24FN3O3S/c1-3-26(30(2,28)29)14-6-13-24-22(27)19-15-21(16-9-11-17(23)12-10-16)25-20-8-5-4-7-18(19)20/h4-5,7-12,15H,3,6,13-14H2,1-2H3,(H,24,27). The summed E-state index contributed by atoms with van der Waals surface area (Å²) >= 11 is 0. The van der Waals surface area contributed by atoms with Crippen LogP contribution in [-0.2, 0) is 10.0 Å². The number of sulfonamides is 1. The van der Waals surface area contributed by atoms with Crippen LogP contribution in [0.25, 0.3) is 22.2 Å². The number of carbonyl (C=O) groups is 1. The maximum absolute atomic E-state index is 13.3. The lowest BCUT2D eigenvalue weighted by atomic mass is 10.0. The normalized spacial score (nSPS) is 11.7. The number of amides is 1. The van der Waals surface area contributed by atoms with Crippen molar-refractivity contribution in [1.82, 2.24) is 14.6 Å². The van der Waals surface area contributed by atoms with Crippen LogP contribution in [0.2, 0.25) is 0 Å². The molecule has 0 bridgehead atoms. The number of aromatic nitrogens is 1. The molecule has 0 radical (unpaired) electrons. The molecule has 0 aliphatic carbocycles. The fraction of sp³-hybridized carbons (Fsp3) is 0.273. The average Bonchev–Trinajstić information content (AvgIpc) is 2.72. The average molecular weight is 430 g/mol. The van der Waals surface area contributed by atoms with Gasteiger partial charge in [-0.25, -0.2) is 22.1 Å². The van der Waals surface area contributed by atoms with Gasteiger partial charge >= 0.3 is 0 Å². The second kappa shape index (κ2) is 9.32. The van der Waals surface area contributed by atoms with E-state index >= 15 is 0 Å². The molecule has 0 aliphatic rings. The number of fused-ring (bicyclic) bond motifs is 1. The van der Waals surface area contributed by atoms with Crippen LogP contribution in [0, 0.1) is 5.82 Å². The lowest BCUT2D eigenvalue weighted by Gasteiger charge is -2.17. The number of nitrogens with zero attached hydrogens (tertiary/aromatic N) is 2. The molecule has 1 heterocycles. The van der Waals surface area contributed by atoms with Gasteiger partial charge in [-0.2, -0.15) is 0 Å². The van der Waals surface area contributed by atoms with E-state index in [1.54, 1.807) is 25.1 Å². The third kappa shape index (κ3) is 5.20. The quantitative estimate of drug-likeness (QED) is 0.557. The van der Waals surface area contributed by atoms with Crippen molar-refractivity contribution < 1.29 is 17.6 Å². The molecule has 1 amide bonds. The molecule has 30 heavy (non-hydrogen) atoms. The highest BCUT2D eigenvalue weighted by Crippen LogP contribution is 2.25. The molecule has 1 aromatic heterocycles. The molecule has 3 rings (SSSR count). The lowest BCUT2D eigenvalue weighted by molar-refractivity contribution is 0.0954. The van der Waals surface area contributed by atoms with Gasteiger partial charge in [0.25, 0.3) is 5.91 Å². The Morgan fingerprint density at radius 3 is 2.50 bits per heavy atom. The number of hydrogen-bond donors (Lipinski definition) is 1. The Kier molecular flexibility index (Phi) is 6.79. The molecule has 0 spiro atoms. The Hall–Kier alpha value is -2.84. The van der Waals surface area contributed by atoms with Crippen molar-refractivity contribution in [1.29, 1.82) is 0 Å². The van der Waals surface area contributed by atoms with Crippen LogP contribution in [0.1, 0.15) is 23.7 Å². The molecule has 2 aromatic carbocycles. The Labute approximate surface area is 175 Å². The highest BCUT2D eigenvalue weighted by Gasteiger charge is 2.16. The summed E-state index contributed by atoms with van der Waals surface area (Å²) in [7, 11) is -3.25. The summed E-state index contributed by atoms with van der Waals surface area (Å²) < 4.78 is 38.0. The van der Waals surface area contributed by atoms with Crippen molar-refractivity contribution in [2.75, 3.05) is 25.9 Å². The summed E-state index contributed by atoms with van der Waals surface area (Å²) in [5.74, 6) is -0.605. The van der Waals surface area contributed by atoms with E-state index in [2.05, 4.69) is 10.3 Å². The van der Waals surface area contributed by atoms with Crippen LogP contribution in [0.5, 0.6) is 0 Å². The number of benzene rings is 2. The summed E-state index contributed by atoms with van der Waals surface area (Å²) in [6.45, 7) is 2.85. The Balaban J connectivity index is 1.80. The van der Waals surface area contributed by atoms with E-state index in [0.29, 0.717) is 53.8 Å². The minimum absolute atomic E-state index is 0.264. The number of carbonyl (C=O) groups excluding carboxylic acids is 1. The van der Waals surface area contributed by atoms with Crippen molar-refractivity contribution in [3.8, 4) is 11.3 Å². The predicted molar refractivity (Wildman–Crippen MR) is 116 cm³/mol. The van der Waals surface area contributed by atoms with Crippen LogP contribution >= 0.6 is 0 Å². The van der Waals surface area contributed by atoms with Crippen molar-refractivity contribution in [2.45, 2.75) is 13.3 Å². The van der Waals surface area contributed by atoms with Crippen LogP contribution in [0.4, 0.5) is 4.39 Å². The predicted octanol–water partition coefficient (Wildman–Crippen LogP) is 3.44. The number of nitrogens with one attached hydrogen (secondary N) is 1. The van der Waals surface area contributed by atoms with E-state index in [1.807, 2.05) is 24.3 Å². The largest absolute Gasteiger partial charge is 0.352 e. The molecule has 0 saturated heterocycles. The van der Waals surface area contributed by atoms with Crippen molar-refractivity contribution in [2.24, 2.45) is 0 Å². The van der Waals surface area contributed by atoms with Gasteiger partial charge in [0, 0.05) is 30.6 Å². The lowest BCUT2D eigenvalue weighted by Crippen LogP contribution is -2.33. The second-order valence-electron chi connectivity index (χ2n) is 6.94. The number of rotatable bonds is 8. The summed E-state index contributed by atoms with van der Waals surface area (Å²) in [6, 6.07) is 15.0. The van der Waals surface area contributed by atoms with Crippen molar-refractivity contribution in [3.05, 3.63) is 66.0 Å². The van der Waals surface area contributed by atoms with Crippen LogP contribution in [-0.4, -0.2) is 49.5 Å². The zero-order valence-corrected chi connectivity index (χ0v) is 17.7. The van der Waals surface area contributed by atoms with Crippen LogP contribution in [0.3, 0.4) is 0 Å². The second-order valence-corrected chi connectivity index (χ2v) is 8.93. The highest BCUT2D eigenvalue weighted by atomic mass is 32.2. The van der Waals surface area contributed by atoms with Crippen molar-refractivity contribution >= 4 is 26.8 Å². The molecule has 0 atom stereocenters. The molecule has 0 saturated carbocycles. The van der Waals surface area contributed by atoms with Gasteiger partial charge in [-0.1, -0.05) is 25.1 Å². The van der Waals surface area contributed by atoms with Crippen LogP contribution < -0.4 is 5.32 Å². The van der Waals surface area contributed by atoms with Gasteiger partial charge in [-0.05, 0) is 42.8 Å². The zero-order valence-electron chi connectivity index (χ0n) is 16.9. The number of para-hydroxylation sites is 1. The molecular formula is C22H24FN3O3S. The summed E-state index contributed by atoms with van der Waals surface area (Å²) in [5, 5.41) is 3.58. The van der Waals surface area contributed by atoms with Gasteiger partial charge in [0.2, 0.25) is 10.0 Å². The highest BCUT2D eigenvalue weighted by molar-refractivity contribution is 7.88. The van der Waals surface area contributed by atoms with Gasteiger partial charge in [0.15, 0.2) is 0 Å². The first kappa shape index (κ1) is 21.9. The Morgan fingerprint density at radius 2 is 1.83 bits per heavy atom. The van der Waals surface area contributed by atoms with E-state index < -0.39 is 10.0 Å². The van der Waals surface area contributed by atoms with Gasteiger partial charge in [-0.3, -0.25) is 4.79 Å². The van der Waals surface area contributed by atoms with Gasteiger partial charge in [-0.15, -0.1) is 0 Å². The van der Waals surface area contributed by atoms with E-state index in [1.165, 1.54) is 22.7 Å². The monoisotopic (exact) mass is 429 g/mol. The van der Waals surface area contributed by atoms with Crippen LogP contribution in [0.15, 0.2) is 54.6 Å². The minimum atomic E-state index is -3.25. The molecular weight excluding hydrogens is 405 g/mol. The molecule has 0 fully saturated rings. The molecule has 1 N–H and O–H groups in total. The smallest absolute Gasteiger partial charge is 0.252 e. The first-order chi connectivity index (χ1) is 14.3. The van der Waals surface area contributed by atoms with Gasteiger partial charge in [0.1, 0.15) is 5.82 Å². The first-order valence-corrected chi connectivity index (χ1v) is 11.5. The topological polar surface area (TPSA) is 79.4 Å². The fourth-order valence-electron chi connectivity index (χ4n) is 3.24. The Morgan fingerprint density at radius 1 is 1.13 bits per heavy atom. The zero-order chi connectivity index (χ0) is 21.7. The maximum atomic E-state index is 13.3. The molecule has 158 valence electrons. The number of halogens is 1. The van der Waals surface area contributed by atoms with E-state index in [4.69, 9.17) is 0 Å². The molecule has 0 aliphatic heterocycles. The molecule has 0 unspecified atom stereocenters. The number of pyridine rings is 1. The molecule has 3 aromatic rings. The van der Waals surface area contributed by atoms with Gasteiger partial charge < -0.3 is 5.32 Å². The third-order valence-electron chi connectivity index (χ3n) is 4.79. The summed E-state index contributed by atoms with van der Waals surface area (Å²) in [5.41, 5.74) is 2.42. The third-order valence-corrected chi connectivity index (χ3v) is 6.17. The summed E-state index contributed by atoms with van der Waals surface area (Å²) in [4.78, 5) is 17.5.